The van der Waals surface area contributed by atoms with Crippen molar-refractivity contribution in [2.24, 2.45) is 11.5 Å². The number of amides is 2. The molecular formula is C4H6N2NaO3. The number of urea groups is 1. The van der Waals surface area contributed by atoms with Gasteiger partial charge in [0.25, 0.3) is 0 Å². The molecule has 1 radical (unpaired) electrons. The van der Waals surface area contributed by atoms with E-state index in [4.69, 9.17) is 4.79 Å². The molecule has 4 N–H and O–H groups in total. The predicted molar refractivity (Wildman–Crippen MR) is 34.8 cm³/mol. The first-order valence-corrected chi connectivity index (χ1v) is 3.40. The summed E-state index contributed by atoms with van der Waals surface area (Å²) in [6.07, 6.45) is 1.49. The van der Waals surface area contributed by atoms with Gasteiger partial charge in [-0.2, -0.15) is 0 Å². The fraction of sp³-hybridized carbons (Fsp3) is 0.250. The molecule has 0 saturated carbocycles. The third-order valence-electron chi connectivity index (χ3n) is 0.321. The number of primary amides is 2. The Labute approximate surface area is 75.5 Å². The zero-order valence-electron chi connectivity index (χ0n) is 5.59. The Morgan fingerprint density at radius 2 is 1.70 bits per heavy atom. The predicted octanol–water partition coefficient (Wildman–Crippen LogP) is -1.79. The third-order valence-corrected chi connectivity index (χ3v) is 0.675. The molecule has 0 rings (SSSR count). The molecule has 10 heavy (non-hydrogen) atoms. The molecule has 0 saturated heterocycles. The SMILES string of the molecule is NC(N)=O.O=[C]C[C](=O)[Na]. The molecule has 6 heteroatoms. The van der Waals surface area contributed by atoms with Gasteiger partial charge in [-0.15, -0.1) is 0 Å². The van der Waals surface area contributed by atoms with Crippen LogP contribution in [0.5, 0.6) is 0 Å². The molecule has 0 aliphatic rings. The van der Waals surface area contributed by atoms with Gasteiger partial charge in [-0.1, -0.05) is 0 Å². The summed E-state index contributed by atoms with van der Waals surface area (Å²) >= 11 is 0.477. The zero-order chi connectivity index (χ0) is 8.57. The van der Waals surface area contributed by atoms with Crippen LogP contribution in [0.25, 0.3) is 0 Å². The first-order valence-electron chi connectivity index (χ1n) is 2.40. The number of carbonyl (C=O) groups is 2. The van der Waals surface area contributed by atoms with E-state index in [1.54, 1.807) is 0 Å². The van der Waals surface area contributed by atoms with Gasteiger partial charge in [0, 0.05) is 0 Å². The Kier molecular flexibility index (Phi) is 10.6. The third kappa shape index (κ3) is 48.8. The number of carbonyl (C=O) groups excluding carboxylic acids is 3. The normalized spacial score (nSPS) is 7.00. The van der Waals surface area contributed by atoms with Gasteiger partial charge in [0.2, 0.25) is 0 Å². The summed E-state index contributed by atoms with van der Waals surface area (Å²) in [5, 5.41) is 0. The molecule has 0 aromatic carbocycles. The Bertz CT molecular complexity index is 132. The van der Waals surface area contributed by atoms with E-state index in [2.05, 4.69) is 11.5 Å². The van der Waals surface area contributed by atoms with Crippen LogP contribution in [0.15, 0.2) is 0 Å². The van der Waals surface area contributed by atoms with Gasteiger partial charge in [0.1, 0.15) is 0 Å². The number of rotatable bonds is 2. The monoisotopic (exact) mass is 153 g/mol. The van der Waals surface area contributed by atoms with E-state index in [1.165, 1.54) is 6.29 Å². The van der Waals surface area contributed by atoms with Crippen LogP contribution in [-0.2, 0) is 9.59 Å². The standard InChI is InChI=1S/C3H2O2.CH4N2O.Na/c4-2-1-3-5;2-1(3)4;/h1H2;(H4,2,3,4);. The van der Waals surface area contributed by atoms with Crippen LogP contribution in [0.2, 0.25) is 0 Å². The maximum atomic E-state index is 9.84. The average molecular weight is 153 g/mol. The summed E-state index contributed by atoms with van der Waals surface area (Å²) in [6.45, 7) is 0. The van der Waals surface area contributed by atoms with Crippen molar-refractivity contribution in [2.75, 3.05) is 0 Å². The van der Waals surface area contributed by atoms with E-state index in [-0.39, 0.29) is 9.45 Å². The van der Waals surface area contributed by atoms with E-state index in [9.17, 15) is 9.59 Å². The van der Waals surface area contributed by atoms with Gasteiger partial charge in [0.15, 0.2) is 0 Å². The summed E-state index contributed by atoms with van der Waals surface area (Å²) in [5.41, 5.74) is 8.50. The molecule has 5 nitrogen and oxygen atoms in total. The Morgan fingerprint density at radius 3 is 1.70 bits per heavy atom. The molecule has 0 atom stereocenters. The molecule has 2 amide bonds. The molecule has 0 heterocycles. The van der Waals surface area contributed by atoms with Gasteiger partial charge < -0.3 is 11.5 Å². The Morgan fingerprint density at radius 1 is 1.40 bits per heavy atom. The van der Waals surface area contributed by atoms with Gasteiger partial charge >= 0.3 is 59.3 Å². The summed E-state index contributed by atoms with van der Waals surface area (Å²) < 4.78 is 0.00463. The van der Waals surface area contributed by atoms with Crippen molar-refractivity contribution in [1.29, 1.82) is 0 Å². The van der Waals surface area contributed by atoms with Gasteiger partial charge in [-0.05, 0) is 0 Å². The van der Waals surface area contributed by atoms with Gasteiger partial charge in [0.05, 0.1) is 0 Å². The summed E-state index contributed by atoms with van der Waals surface area (Å²) in [6, 6.07) is -0.833. The first kappa shape index (κ1) is 12.3. The van der Waals surface area contributed by atoms with Crippen LogP contribution in [0, 0.1) is 0 Å². The fourth-order valence-electron chi connectivity index (χ4n) is 0.102. The quantitative estimate of drug-likeness (QED) is 0.361. The Balaban J connectivity index is 0. The second-order valence-electron chi connectivity index (χ2n) is 1.43. The van der Waals surface area contributed by atoms with Crippen LogP contribution in [0.1, 0.15) is 6.42 Å². The minimum absolute atomic E-state index is 0.00463. The van der Waals surface area contributed by atoms with Gasteiger partial charge in [-0.3, -0.25) is 0 Å². The number of nitrogens with two attached hydrogens (primary N) is 2. The van der Waals surface area contributed by atoms with Crippen molar-refractivity contribution in [3.05, 3.63) is 0 Å². The van der Waals surface area contributed by atoms with Crippen LogP contribution in [0.4, 0.5) is 4.79 Å². The van der Waals surface area contributed by atoms with Crippen LogP contribution in [0.3, 0.4) is 0 Å². The average Bonchev–Trinajstić information content (AvgIpc) is 1.62. The summed E-state index contributed by atoms with van der Waals surface area (Å²) in [4.78, 5) is 28.1. The Hall–Kier alpha value is -0.390. The van der Waals surface area contributed by atoms with E-state index >= 15 is 0 Å². The molecule has 0 aromatic rings. The van der Waals surface area contributed by atoms with Crippen molar-refractivity contribution < 1.29 is 14.4 Å². The number of hydrogen-bond donors (Lipinski definition) is 2. The molecule has 0 unspecified atom stereocenters. The fourth-order valence-corrected chi connectivity index (χ4v) is 0.246. The van der Waals surface area contributed by atoms with E-state index in [0.29, 0.717) is 27.9 Å². The minimum atomic E-state index is -0.833. The van der Waals surface area contributed by atoms with Crippen molar-refractivity contribution >= 4 is 43.3 Å². The molecule has 0 aliphatic heterocycles. The molecule has 0 fully saturated rings. The first-order chi connectivity index (χ1) is 4.50. The molecular weight excluding hydrogens is 147 g/mol. The van der Waals surface area contributed by atoms with E-state index < -0.39 is 6.03 Å². The van der Waals surface area contributed by atoms with Gasteiger partial charge in [-0.25, -0.2) is 4.79 Å². The second kappa shape index (κ2) is 8.61. The molecule has 0 spiro atoms. The van der Waals surface area contributed by atoms with Crippen LogP contribution >= 0.6 is 0 Å². The summed E-state index contributed by atoms with van der Waals surface area (Å²) in [7, 11) is 0. The second-order valence-corrected chi connectivity index (χ2v) is 2.54. The van der Waals surface area contributed by atoms with Crippen molar-refractivity contribution in [3.8, 4) is 0 Å². The van der Waals surface area contributed by atoms with Crippen molar-refractivity contribution in [2.45, 2.75) is 6.42 Å². The van der Waals surface area contributed by atoms with Crippen molar-refractivity contribution in [1.82, 2.24) is 0 Å². The topological polar surface area (TPSA) is 103 Å². The van der Waals surface area contributed by atoms with Crippen LogP contribution in [-0.4, -0.2) is 43.3 Å². The molecule has 51 valence electrons. The van der Waals surface area contributed by atoms with E-state index in [0.717, 1.165) is 0 Å². The number of hydrogen-bond acceptors (Lipinski definition) is 3. The molecule has 0 aliphatic carbocycles. The summed E-state index contributed by atoms with van der Waals surface area (Å²) in [5.74, 6) is 0. The maximum absolute atomic E-state index is 9.84. The van der Waals surface area contributed by atoms with Crippen LogP contribution < -0.4 is 11.5 Å². The molecule has 0 aromatic heterocycles. The molecule has 0 bridgehead atoms. The zero-order valence-corrected chi connectivity index (χ0v) is 7.59. The van der Waals surface area contributed by atoms with E-state index in [1.807, 2.05) is 0 Å². The van der Waals surface area contributed by atoms with Crippen molar-refractivity contribution in [3.63, 3.8) is 0 Å².